The van der Waals surface area contributed by atoms with Crippen molar-refractivity contribution in [2.45, 2.75) is 22.0 Å². The van der Waals surface area contributed by atoms with Gasteiger partial charge in [0.25, 0.3) is 0 Å². The Labute approximate surface area is 195 Å². The number of cyclic esters (lactones) is 1. The molecular formula is C24H16F3N3O3S. The normalized spacial score (nSPS) is 23.9. The molecule has 2 aromatic heterocycles. The summed E-state index contributed by atoms with van der Waals surface area (Å²) < 4.78 is 43.8. The number of benzene rings is 2. The van der Waals surface area contributed by atoms with E-state index >= 15 is 0 Å². The van der Waals surface area contributed by atoms with Gasteiger partial charge in [0.05, 0.1) is 16.7 Å². The molecule has 34 heavy (non-hydrogen) atoms. The van der Waals surface area contributed by atoms with Gasteiger partial charge in [-0.3, -0.25) is 14.8 Å². The van der Waals surface area contributed by atoms with Crippen molar-refractivity contribution in [3.63, 3.8) is 0 Å². The summed E-state index contributed by atoms with van der Waals surface area (Å²) in [7, 11) is 0. The third-order valence-electron chi connectivity index (χ3n) is 6.33. The molecule has 2 N–H and O–H groups in total. The van der Waals surface area contributed by atoms with E-state index in [1.54, 1.807) is 36.7 Å². The molecule has 0 radical (unpaired) electrons. The monoisotopic (exact) mass is 483 g/mol. The Balaban J connectivity index is 1.64. The van der Waals surface area contributed by atoms with Gasteiger partial charge in [0, 0.05) is 34.0 Å². The minimum atomic E-state index is -4.41. The van der Waals surface area contributed by atoms with E-state index in [0.29, 0.717) is 33.2 Å². The lowest BCUT2D eigenvalue weighted by Gasteiger charge is -2.41. The second-order valence-corrected chi connectivity index (χ2v) is 9.46. The van der Waals surface area contributed by atoms with Gasteiger partial charge in [-0.15, -0.1) is 0 Å². The number of aromatic nitrogens is 2. The topological polar surface area (TPSA) is 84.3 Å². The molecule has 0 bridgehead atoms. The summed E-state index contributed by atoms with van der Waals surface area (Å²) >= 11 is -0.206. The van der Waals surface area contributed by atoms with Crippen molar-refractivity contribution in [2.24, 2.45) is 5.92 Å². The van der Waals surface area contributed by atoms with E-state index in [0.717, 1.165) is 5.39 Å². The van der Waals surface area contributed by atoms with Gasteiger partial charge in [-0.25, -0.2) is 0 Å². The Kier molecular flexibility index (Phi) is 4.56. The van der Waals surface area contributed by atoms with Crippen molar-refractivity contribution in [3.05, 3.63) is 72.1 Å². The number of fused-ring (bicyclic) bond motifs is 7. The number of anilines is 1. The fourth-order valence-electron chi connectivity index (χ4n) is 5.04. The second kappa shape index (κ2) is 7.31. The van der Waals surface area contributed by atoms with Crippen molar-refractivity contribution >= 4 is 45.2 Å². The highest BCUT2D eigenvalue weighted by molar-refractivity contribution is 8.00. The Morgan fingerprint density at radius 3 is 2.35 bits per heavy atom. The molecule has 10 heteroatoms. The molecule has 0 spiro atoms. The molecule has 4 aromatic rings. The highest BCUT2D eigenvalue weighted by Crippen LogP contribution is 2.53. The van der Waals surface area contributed by atoms with Crippen LogP contribution >= 0.6 is 11.8 Å². The first-order valence-corrected chi connectivity index (χ1v) is 11.2. The smallest absolute Gasteiger partial charge is 0.446 e. The quantitative estimate of drug-likeness (QED) is 0.240. The molecule has 1 saturated heterocycles. The zero-order valence-electron chi connectivity index (χ0n) is 17.3. The molecule has 2 aromatic carbocycles. The van der Waals surface area contributed by atoms with Crippen molar-refractivity contribution in [1.82, 2.24) is 9.97 Å². The number of halogens is 3. The Morgan fingerprint density at radius 1 is 1.03 bits per heavy atom. The Morgan fingerprint density at radius 2 is 1.68 bits per heavy atom. The number of alkyl halides is 3. The fourth-order valence-corrected chi connectivity index (χ4v) is 5.58. The highest BCUT2D eigenvalue weighted by Gasteiger charge is 2.58. The van der Waals surface area contributed by atoms with E-state index in [9.17, 15) is 23.1 Å². The van der Waals surface area contributed by atoms with Gasteiger partial charge in [-0.05, 0) is 53.2 Å². The number of thioether (sulfide) groups is 1. The van der Waals surface area contributed by atoms with Crippen LogP contribution in [-0.4, -0.2) is 38.9 Å². The summed E-state index contributed by atoms with van der Waals surface area (Å²) in [5.41, 5.74) is -2.94. The van der Waals surface area contributed by atoms with Crippen LogP contribution in [0.1, 0.15) is 17.0 Å². The SMILES string of the molecule is O=C1OC[C@]2(O)Nc3c(c4cccnc4c4ncccc34)[C@@H](c3ccc(SC(F)(F)F)cc3)[C@@H]12. The fraction of sp³-hybridized carbons (Fsp3) is 0.208. The Hall–Kier alpha value is -3.37. The molecule has 0 unspecified atom stereocenters. The molecule has 3 atom stereocenters. The first-order valence-electron chi connectivity index (χ1n) is 10.4. The van der Waals surface area contributed by atoms with Gasteiger partial charge < -0.3 is 15.2 Å². The predicted molar refractivity (Wildman–Crippen MR) is 120 cm³/mol. The minimum Gasteiger partial charge on any atom is -0.460 e. The van der Waals surface area contributed by atoms with E-state index in [-0.39, 0.29) is 23.3 Å². The maximum Gasteiger partial charge on any atom is 0.446 e. The van der Waals surface area contributed by atoms with Gasteiger partial charge in [0.1, 0.15) is 12.5 Å². The van der Waals surface area contributed by atoms with Crippen molar-refractivity contribution in [3.8, 4) is 0 Å². The van der Waals surface area contributed by atoms with Crippen LogP contribution in [0, 0.1) is 5.92 Å². The van der Waals surface area contributed by atoms with E-state index in [4.69, 9.17) is 4.74 Å². The predicted octanol–water partition coefficient (Wildman–Crippen LogP) is 4.81. The average Bonchev–Trinajstić information content (AvgIpc) is 3.12. The molecule has 0 aliphatic carbocycles. The zero-order chi connectivity index (χ0) is 23.7. The molecule has 1 fully saturated rings. The van der Waals surface area contributed by atoms with Gasteiger partial charge in [-0.1, -0.05) is 18.2 Å². The van der Waals surface area contributed by atoms with E-state index in [2.05, 4.69) is 15.3 Å². The van der Waals surface area contributed by atoms with Crippen molar-refractivity contribution in [2.75, 3.05) is 11.9 Å². The lowest BCUT2D eigenvalue weighted by Crippen LogP contribution is -2.51. The van der Waals surface area contributed by atoms with Crippen LogP contribution in [0.25, 0.3) is 21.8 Å². The van der Waals surface area contributed by atoms with Crippen LogP contribution in [0.5, 0.6) is 0 Å². The van der Waals surface area contributed by atoms with E-state index in [1.807, 2.05) is 12.1 Å². The van der Waals surface area contributed by atoms with Crippen LogP contribution in [0.2, 0.25) is 0 Å². The number of ether oxygens (including phenoxy) is 1. The highest BCUT2D eigenvalue weighted by atomic mass is 32.2. The molecule has 2 aliphatic rings. The minimum absolute atomic E-state index is 0.0314. The van der Waals surface area contributed by atoms with Gasteiger partial charge in [0.2, 0.25) is 0 Å². The molecule has 0 amide bonds. The number of hydrogen-bond donors (Lipinski definition) is 2. The molecular weight excluding hydrogens is 467 g/mol. The van der Waals surface area contributed by atoms with E-state index < -0.39 is 29.0 Å². The lowest BCUT2D eigenvalue weighted by atomic mass is 9.71. The van der Waals surface area contributed by atoms with Crippen molar-refractivity contribution < 1.29 is 27.8 Å². The van der Waals surface area contributed by atoms with Crippen LogP contribution in [-0.2, 0) is 9.53 Å². The Bertz CT molecular complexity index is 1460. The summed E-state index contributed by atoms with van der Waals surface area (Å²) in [5.74, 6) is -2.26. The van der Waals surface area contributed by atoms with Crippen molar-refractivity contribution in [1.29, 1.82) is 0 Å². The lowest BCUT2D eigenvalue weighted by molar-refractivity contribution is -0.141. The number of nitrogens with one attached hydrogen (secondary N) is 1. The number of esters is 1. The third kappa shape index (κ3) is 3.20. The number of nitrogens with zero attached hydrogens (tertiary/aromatic N) is 2. The molecule has 4 heterocycles. The van der Waals surface area contributed by atoms with Crippen LogP contribution in [0.15, 0.2) is 65.8 Å². The van der Waals surface area contributed by atoms with Crippen LogP contribution in [0.4, 0.5) is 18.9 Å². The molecule has 6 rings (SSSR count). The maximum absolute atomic E-state index is 12.9. The number of carbonyl (C=O) groups excluding carboxylic acids is 1. The number of aliphatic hydroxyl groups is 1. The first kappa shape index (κ1) is 21.2. The number of hydrogen-bond acceptors (Lipinski definition) is 7. The largest absolute Gasteiger partial charge is 0.460 e. The summed E-state index contributed by atoms with van der Waals surface area (Å²) in [6.07, 6.45) is 3.30. The second-order valence-electron chi connectivity index (χ2n) is 8.32. The van der Waals surface area contributed by atoms with Gasteiger partial charge in [-0.2, -0.15) is 13.2 Å². The van der Waals surface area contributed by atoms with E-state index in [1.165, 1.54) is 12.1 Å². The summed E-state index contributed by atoms with van der Waals surface area (Å²) in [6, 6.07) is 13.1. The summed E-state index contributed by atoms with van der Waals surface area (Å²) in [6.45, 7) is -0.249. The van der Waals surface area contributed by atoms with Crippen LogP contribution < -0.4 is 5.32 Å². The molecule has 0 saturated carbocycles. The standard InChI is InChI=1S/C24H16F3N3O3S/c25-24(26,27)34-13-7-5-12(6-8-13)16-17-14-3-1-9-28-20(14)21-15(4-2-10-29-21)19(17)30-23(32)11-33-22(31)18(16)23/h1-10,16,18,30,32H,11H2/t16-,18+,23-/m1/s1. The van der Waals surface area contributed by atoms with Crippen LogP contribution in [0.3, 0.4) is 0 Å². The third-order valence-corrected chi connectivity index (χ3v) is 7.07. The summed E-state index contributed by atoms with van der Waals surface area (Å²) in [4.78, 5) is 21.9. The number of rotatable bonds is 2. The first-order chi connectivity index (χ1) is 16.3. The molecule has 172 valence electrons. The summed E-state index contributed by atoms with van der Waals surface area (Å²) in [5, 5.41) is 16.0. The maximum atomic E-state index is 12.9. The molecule has 2 aliphatic heterocycles. The molecule has 6 nitrogen and oxygen atoms in total. The van der Waals surface area contributed by atoms with Gasteiger partial charge in [0.15, 0.2) is 5.72 Å². The zero-order valence-corrected chi connectivity index (χ0v) is 18.2. The number of pyridine rings is 2. The van der Waals surface area contributed by atoms with Gasteiger partial charge >= 0.3 is 11.5 Å². The average molecular weight is 483 g/mol. The number of carbonyl (C=O) groups is 1.